The Morgan fingerprint density at radius 2 is 2.20 bits per heavy atom. The van der Waals surface area contributed by atoms with Crippen molar-refractivity contribution in [2.75, 3.05) is 17.7 Å². The number of hydrogen-bond acceptors (Lipinski definition) is 4. The van der Waals surface area contributed by atoms with Crippen molar-refractivity contribution in [3.8, 4) is 0 Å². The molecule has 0 aromatic carbocycles. The largest absolute Gasteiger partial charge is 0.372 e. The predicted octanol–water partition coefficient (Wildman–Crippen LogP) is 2.12. The van der Waals surface area contributed by atoms with Crippen LogP contribution in [0.15, 0.2) is 12.4 Å². The summed E-state index contributed by atoms with van der Waals surface area (Å²) in [6.07, 6.45) is 7.37. The molecule has 1 aliphatic carbocycles. The van der Waals surface area contributed by atoms with E-state index >= 15 is 0 Å². The number of hydrogen-bond donors (Lipinski definition) is 2. The first-order chi connectivity index (χ1) is 7.33. The minimum atomic E-state index is 0.617. The van der Waals surface area contributed by atoms with Gasteiger partial charge in [0.25, 0.3) is 0 Å². The van der Waals surface area contributed by atoms with Gasteiger partial charge in [-0.3, -0.25) is 4.98 Å². The fourth-order valence-corrected chi connectivity index (χ4v) is 1.86. The summed E-state index contributed by atoms with van der Waals surface area (Å²) >= 11 is 0. The molecule has 1 heterocycles. The van der Waals surface area contributed by atoms with E-state index < -0.39 is 0 Å². The van der Waals surface area contributed by atoms with Gasteiger partial charge in [0, 0.05) is 13.1 Å². The van der Waals surface area contributed by atoms with Crippen LogP contribution in [0.2, 0.25) is 0 Å². The van der Waals surface area contributed by atoms with Crippen LogP contribution in [0.4, 0.5) is 11.6 Å². The summed E-state index contributed by atoms with van der Waals surface area (Å²) in [5.74, 6) is 2.54. The second kappa shape index (κ2) is 4.47. The lowest BCUT2D eigenvalue weighted by molar-refractivity contribution is 0.692. The second-order valence-electron chi connectivity index (χ2n) is 4.07. The van der Waals surface area contributed by atoms with Crippen LogP contribution in [0, 0.1) is 5.92 Å². The Hall–Kier alpha value is -1.32. The first kappa shape index (κ1) is 10.2. The van der Waals surface area contributed by atoms with Crippen molar-refractivity contribution < 1.29 is 0 Å². The molecule has 1 fully saturated rings. The van der Waals surface area contributed by atoms with Crippen LogP contribution in [0.3, 0.4) is 0 Å². The van der Waals surface area contributed by atoms with Crippen molar-refractivity contribution in [3.05, 3.63) is 12.4 Å². The number of nitrogens with zero attached hydrogens (tertiary/aromatic N) is 2. The molecular weight excluding hydrogens is 188 g/mol. The standard InChI is InChI=1S/C11H18N4/c1-3-4-8-5-9(8)14-11-7-13-6-10(12-2)15-11/h6-9H,3-5H2,1-2H3,(H2,12,14,15). The van der Waals surface area contributed by atoms with Crippen LogP contribution in [-0.2, 0) is 0 Å². The topological polar surface area (TPSA) is 49.8 Å². The third kappa shape index (κ3) is 2.58. The Balaban J connectivity index is 1.89. The molecule has 4 heteroatoms. The monoisotopic (exact) mass is 206 g/mol. The molecule has 0 spiro atoms. The van der Waals surface area contributed by atoms with Crippen LogP contribution in [0.5, 0.6) is 0 Å². The average Bonchev–Trinajstić information content (AvgIpc) is 2.97. The molecule has 0 aliphatic heterocycles. The number of anilines is 2. The summed E-state index contributed by atoms with van der Waals surface area (Å²) in [5.41, 5.74) is 0. The number of rotatable bonds is 5. The van der Waals surface area contributed by atoms with Crippen molar-refractivity contribution in [1.82, 2.24) is 9.97 Å². The Morgan fingerprint density at radius 1 is 1.40 bits per heavy atom. The lowest BCUT2D eigenvalue weighted by Crippen LogP contribution is -2.07. The summed E-state index contributed by atoms with van der Waals surface area (Å²) in [6.45, 7) is 2.23. The van der Waals surface area contributed by atoms with Crippen molar-refractivity contribution in [2.45, 2.75) is 32.2 Å². The van der Waals surface area contributed by atoms with Gasteiger partial charge in [-0.15, -0.1) is 0 Å². The molecular formula is C11H18N4. The highest BCUT2D eigenvalue weighted by Gasteiger charge is 2.36. The molecule has 0 radical (unpaired) electrons. The van der Waals surface area contributed by atoms with E-state index in [9.17, 15) is 0 Å². The van der Waals surface area contributed by atoms with Gasteiger partial charge < -0.3 is 10.6 Å². The molecule has 0 bridgehead atoms. The first-order valence-corrected chi connectivity index (χ1v) is 5.59. The molecule has 1 saturated carbocycles. The molecule has 0 saturated heterocycles. The SMILES string of the molecule is CCCC1CC1Nc1cncc(NC)n1. The molecule has 1 aromatic rings. The molecule has 4 nitrogen and oxygen atoms in total. The molecule has 2 rings (SSSR count). The van der Waals surface area contributed by atoms with Gasteiger partial charge in [-0.05, 0) is 18.8 Å². The smallest absolute Gasteiger partial charge is 0.147 e. The molecule has 1 aliphatic rings. The zero-order valence-corrected chi connectivity index (χ0v) is 9.33. The van der Waals surface area contributed by atoms with Crippen molar-refractivity contribution in [1.29, 1.82) is 0 Å². The van der Waals surface area contributed by atoms with Gasteiger partial charge in [0.2, 0.25) is 0 Å². The molecule has 2 atom stereocenters. The van der Waals surface area contributed by atoms with E-state index in [1.807, 2.05) is 7.05 Å². The van der Waals surface area contributed by atoms with E-state index in [1.54, 1.807) is 12.4 Å². The highest BCUT2D eigenvalue weighted by Crippen LogP contribution is 2.36. The molecule has 1 aromatic heterocycles. The minimum Gasteiger partial charge on any atom is -0.372 e. The fourth-order valence-electron chi connectivity index (χ4n) is 1.86. The van der Waals surface area contributed by atoms with E-state index in [1.165, 1.54) is 19.3 Å². The Bertz CT molecular complexity index is 326. The summed E-state index contributed by atoms with van der Waals surface area (Å²) in [4.78, 5) is 8.50. The summed E-state index contributed by atoms with van der Waals surface area (Å²) in [5, 5.41) is 6.40. The van der Waals surface area contributed by atoms with E-state index in [-0.39, 0.29) is 0 Å². The Morgan fingerprint density at radius 3 is 2.93 bits per heavy atom. The van der Waals surface area contributed by atoms with E-state index in [0.717, 1.165) is 17.6 Å². The summed E-state index contributed by atoms with van der Waals surface area (Å²) in [7, 11) is 1.85. The van der Waals surface area contributed by atoms with E-state index in [0.29, 0.717) is 6.04 Å². The minimum absolute atomic E-state index is 0.617. The Labute approximate surface area is 90.5 Å². The maximum atomic E-state index is 4.38. The van der Waals surface area contributed by atoms with Gasteiger partial charge in [0.1, 0.15) is 11.6 Å². The third-order valence-electron chi connectivity index (χ3n) is 2.81. The molecule has 0 amide bonds. The summed E-state index contributed by atoms with van der Waals surface area (Å²) in [6, 6.07) is 0.617. The van der Waals surface area contributed by atoms with Crippen molar-refractivity contribution in [3.63, 3.8) is 0 Å². The molecule has 82 valence electrons. The molecule has 15 heavy (non-hydrogen) atoms. The highest BCUT2D eigenvalue weighted by molar-refractivity contribution is 5.42. The lowest BCUT2D eigenvalue weighted by atomic mass is 10.2. The van der Waals surface area contributed by atoms with Crippen LogP contribution < -0.4 is 10.6 Å². The van der Waals surface area contributed by atoms with Crippen molar-refractivity contribution >= 4 is 11.6 Å². The highest BCUT2D eigenvalue weighted by atomic mass is 15.1. The maximum Gasteiger partial charge on any atom is 0.147 e. The lowest BCUT2D eigenvalue weighted by Gasteiger charge is -2.05. The van der Waals surface area contributed by atoms with Crippen LogP contribution >= 0.6 is 0 Å². The van der Waals surface area contributed by atoms with Gasteiger partial charge in [-0.1, -0.05) is 13.3 Å². The van der Waals surface area contributed by atoms with Gasteiger partial charge in [0.15, 0.2) is 0 Å². The van der Waals surface area contributed by atoms with Gasteiger partial charge >= 0.3 is 0 Å². The van der Waals surface area contributed by atoms with E-state index in [2.05, 4.69) is 27.5 Å². The average molecular weight is 206 g/mol. The van der Waals surface area contributed by atoms with Gasteiger partial charge in [-0.25, -0.2) is 4.98 Å². The third-order valence-corrected chi connectivity index (χ3v) is 2.81. The second-order valence-corrected chi connectivity index (χ2v) is 4.07. The summed E-state index contributed by atoms with van der Waals surface area (Å²) < 4.78 is 0. The van der Waals surface area contributed by atoms with Gasteiger partial charge in [-0.2, -0.15) is 0 Å². The quantitative estimate of drug-likeness (QED) is 0.774. The van der Waals surface area contributed by atoms with Crippen LogP contribution in [0.25, 0.3) is 0 Å². The van der Waals surface area contributed by atoms with Crippen molar-refractivity contribution in [2.24, 2.45) is 5.92 Å². The fraction of sp³-hybridized carbons (Fsp3) is 0.636. The number of aromatic nitrogens is 2. The normalized spacial score (nSPS) is 23.6. The zero-order valence-electron chi connectivity index (χ0n) is 9.33. The maximum absolute atomic E-state index is 4.38. The van der Waals surface area contributed by atoms with Crippen LogP contribution in [0.1, 0.15) is 26.2 Å². The van der Waals surface area contributed by atoms with E-state index in [4.69, 9.17) is 0 Å². The van der Waals surface area contributed by atoms with Gasteiger partial charge in [0.05, 0.1) is 12.4 Å². The Kier molecular flexibility index (Phi) is 3.04. The number of nitrogens with one attached hydrogen (secondary N) is 2. The van der Waals surface area contributed by atoms with Crippen LogP contribution in [-0.4, -0.2) is 23.1 Å². The molecule has 2 unspecified atom stereocenters. The molecule has 2 N–H and O–H groups in total. The predicted molar refractivity (Wildman–Crippen MR) is 62.0 cm³/mol. The first-order valence-electron chi connectivity index (χ1n) is 5.59. The zero-order chi connectivity index (χ0) is 10.7.